The Balaban J connectivity index is 1.26. The molecule has 3 aromatic carbocycles. The number of hydrogen-bond acceptors (Lipinski definition) is 5. The van der Waals surface area contributed by atoms with Gasteiger partial charge in [-0.3, -0.25) is 19.8 Å². The van der Waals surface area contributed by atoms with E-state index < -0.39 is 6.04 Å². The summed E-state index contributed by atoms with van der Waals surface area (Å²) in [5, 5.41) is 9.80. The average molecular weight is 651 g/mol. The lowest BCUT2D eigenvalue weighted by Gasteiger charge is -2.19. The third kappa shape index (κ3) is 8.63. The largest absolute Gasteiger partial charge is 0.497 e. The standard InChI is InChI=1S/C38H46N6O4/c1-25-30(31-23-27(48-4)19-20-33(31)40-25)24-36(46)41-34(17-9-6-10-18-35(45)43-44(2)3)38(47)39-22-21-29-28-15-11-12-16-32(28)42-37(29)26-13-7-5-8-14-26/h5,7-8,11-16,19-20,23,34,40,42H,6,9-10,17-18,21-22,24H2,1-4H3,(H,39,47)(H,41,46)(H,43,45)/t34-/m0/s1. The molecule has 5 rings (SSSR count). The number of carbonyl (C=O) groups excluding carboxylic acids is 3. The van der Waals surface area contributed by atoms with Gasteiger partial charge in [0.2, 0.25) is 17.7 Å². The minimum atomic E-state index is -0.704. The number of amides is 3. The van der Waals surface area contributed by atoms with Crippen molar-refractivity contribution in [2.24, 2.45) is 0 Å². The Morgan fingerprint density at radius 3 is 2.35 bits per heavy atom. The number of nitrogens with zero attached hydrogens (tertiary/aromatic N) is 1. The molecule has 0 spiro atoms. The monoisotopic (exact) mass is 650 g/mol. The van der Waals surface area contributed by atoms with Gasteiger partial charge in [0.05, 0.1) is 13.5 Å². The van der Waals surface area contributed by atoms with Crippen molar-refractivity contribution in [3.05, 3.63) is 89.6 Å². The number of unbranched alkanes of at least 4 members (excludes halogenated alkanes) is 2. The van der Waals surface area contributed by atoms with E-state index in [4.69, 9.17) is 4.74 Å². The summed E-state index contributed by atoms with van der Waals surface area (Å²) in [5.41, 5.74) is 9.77. The Labute approximate surface area is 281 Å². The first-order valence-electron chi connectivity index (χ1n) is 16.6. The SMILES string of the molecule is COc1ccc2[nH]c(C)c(CC(=O)N[C@@H](CCCCCC(=O)NN(C)C)C(=O)NCCc3c(-c4ccccc4)[nH]c4ccccc34)c2c1. The highest BCUT2D eigenvalue weighted by atomic mass is 16.5. The van der Waals surface area contributed by atoms with E-state index in [9.17, 15) is 14.4 Å². The van der Waals surface area contributed by atoms with Crippen molar-refractivity contribution in [1.29, 1.82) is 0 Å². The number of nitrogens with one attached hydrogen (secondary N) is 5. The summed E-state index contributed by atoms with van der Waals surface area (Å²) in [7, 11) is 5.17. The van der Waals surface area contributed by atoms with Gasteiger partial charge in [-0.15, -0.1) is 0 Å². The molecule has 2 heterocycles. The first kappa shape index (κ1) is 34.3. The molecule has 0 fully saturated rings. The fraction of sp³-hybridized carbons (Fsp3) is 0.342. The van der Waals surface area contributed by atoms with Crippen LogP contribution in [0.3, 0.4) is 0 Å². The number of H-pyrrole nitrogens is 2. The number of methoxy groups -OCH3 is 1. The van der Waals surface area contributed by atoms with Crippen molar-refractivity contribution in [2.45, 2.75) is 57.9 Å². The van der Waals surface area contributed by atoms with Crippen LogP contribution in [0, 0.1) is 6.92 Å². The van der Waals surface area contributed by atoms with E-state index >= 15 is 0 Å². The summed E-state index contributed by atoms with van der Waals surface area (Å²) in [4.78, 5) is 46.1. The normalized spacial score (nSPS) is 11.9. The first-order chi connectivity index (χ1) is 23.2. The number of carbonyl (C=O) groups is 3. The fourth-order valence-electron chi connectivity index (χ4n) is 6.25. The van der Waals surface area contributed by atoms with Crippen LogP contribution in [0.15, 0.2) is 72.8 Å². The second kappa shape index (κ2) is 16.1. The van der Waals surface area contributed by atoms with Gasteiger partial charge in [-0.25, -0.2) is 5.01 Å². The molecule has 0 saturated heterocycles. The van der Waals surface area contributed by atoms with E-state index in [2.05, 4.69) is 50.3 Å². The van der Waals surface area contributed by atoms with Crippen LogP contribution >= 0.6 is 0 Å². The number of rotatable bonds is 16. The van der Waals surface area contributed by atoms with Crippen LogP contribution in [0.1, 0.15) is 48.9 Å². The number of ether oxygens (including phenoxy) is 1. The van der Waals surface area contributed by atoms with E-state index in [-0.39, 0.29) is 24.1 Å². The summed E-state index contributed by atoms with van der Waals surface area (Å²) in [5.74, 6) is 0.230. The molecular weight excluding hydrogens is 604 g/mol. The maximum absolute atomic E-state index is 13.7. The van der Waals surface area contributed by atoms with Crippen LogP contribution in [0.4, 0.5) is 0 Å². The molecule has 1 atom stereocenters. The highest BCUT2D eigenvalue weighted by Crippen LogP contribution is 2.31. The number of hydrogen-bond donors (Lipinski definition) is 5. The molecule has 0 aliphatic heterocycles. The molecule has 0 aliphatic rings. The molecule has 10 nitrogen and oxygen atoms in total. The number of fused-ring (bicyclic) bond motifs is 2. The minimum absolute atomic E-state index is 0.0412. The van der Waals surface area contributed by atoms with Gasteiger partial charge in [-0.1, -0.05) is 61.4 Å². The zero-order chi connectivity index (χ0) is 34.0. The van der Waals surface area contributed by atoms with Crippen molar-refractivity contribution in [1.82, 2.24) is 31.0 Å². The molecule has 0 unspecified atom stereocenters. The van der Waals surface area contributed by atoms with Crippen molar-refractivity contribution in [2.75, 3.05) is 27.7 Å². The van der Waals surface area contributed by atoms with E-state index in [1.165, 1.54) is 0 Å². The highest BCUT2D eigenvalue weighted by molar-refractivity contribution is 5.94. The zero-order valence-corrected chi connectivity index (χ0v) is 28.2. The third-order valence-corrected chi connectivity index (χ3v) is 8.61. The fourth-order valence-corrected chi connectivity index (χ4v) is 6.25. The van der Waals surface area contributed by atoms with E-state index in [1.807, 2.05) is 55.5 Å². The number of para-hydroxylation sites is 1. The van der Waals surface area contributed by atoms with E-state index in [0.717, 1.165) is 56.3 Å². The lowest BCUT2D eigenvalue weighted by molar-refractivity contribution is -0.128. The highest BCUT2D eigenvalue weighted by Gasteiger charge is 2.23. The Bertz CT molecular complexity index is 1860. The van der Waals surface area contributed by atoms with Gasteiger partial charge in [0.15, 0.2) is 0 Å². The molecule has 10 heteroatoms. The molecule has 48 heavy (non-hydrogen) atoms. The minimum Gasteiger partial charge on any atom is -0.497 e. The summed E-state index contributed by atoms with van der Waals surface area (Å²) >= 11 is 0. The maximum Gasteiger partial charge on any atom is 0.242 e. The van der Waals surface area contributed by atoms with Gasteiger partial charge >= 0.3 is 0 Å². The summed E-state index contributed by atoms with van der Waals surface area (Å²) in [6, 6.07) is 23.4. The molecule has 0 aliphatic carbocycles. The predicted octanol–water partition coefficient (Wildman–Crippen LogP) is 5.56. The van der Waals surface area contributed by atoms with Crippen LogP contribution in [-0.2, 0) is 27.2 Å². The van der Waals surface area contributed by atoms with Crippen LogP contribution in [0.25, 0.3) is 33.1 Å². The quantitative estimate of drug-likeness (QED) is 0.0705. The van der Waals surface area contributed by atoms with Gasteiger partial charge in [-0.05, 0) is 67.1 Å². The van der Waals surface area contributed by atoms with Gasteiger partial charge in [-0.2, -0.15) is 0 Å². The Kier molecular flexibility index (Phi) is 11.5. The van der Waals surface area contributed by atoms with Crippen molar-refractivity contribution in [3.8, 4) is 17.0 Å². The van der Waals surface area contributed by atoms with E-state index in [1.54, 1.807) is 26.2 Å². The van der Waals surface area contributed by atoms with Gasteiger partial charge in [0.25, 0.3) is 0 Å². The lowest BCUT2D eigenvalue weighted by Crippen LogP contribution is -2.47. The lowest BCUT2D eigenvalue weighted by atomic mass is 10.0. The molecule has 0 bridgehead atoms. The first-order valence-corrected chi connectivity index (χ1v) is 16.6. The smallest absolute Gasteiger partial charge is 0.242 e. The molecule has 5 aromatic rings. The molecule has 252 valence electrons. The Morgan fingerprint density at radius 2 is 1.58 bits per heavy atom. The number of aryl methyl sites for hydroxylation is 1. The molecule has 0 radical (unpaired) electrons. The molecule has 0 saturated carbocycles. The second-order valence-corrected chi connectivity index (χ2v) is 12.4. The number of hydrazine groups is 1. The van der Waals surface area contributed by atoms with Crippen LogP contribution in [0.2, 0.25) is 0 Å². The van der Waals surface area contributed by atoms with Crippen molar-refractivity contribution in [3.63, 3.8) is 0 Å². The van der Waals surface area contributed by atoms with E-state index in [0.29, 0.717) is 44.4 Å². The number of benzene rings is 3. The average Bonchev–Trinajstić information content (AvgIpc) is 3.60. The molecular formula is C38H46N6O4. The zero-order valence-electron chi connectivity index (χ0n) is 28.2. The summed E-state index contributed by atoms with van der Waals surface area (Å²) < 4.78 is 5.41. The Hall–Kier alpha value is -5.09. The maximum atomic E-state index is 13.7. The van der Waals surface area contributed by atoms with Crippen molar-refractivity contribution < 1.29 is 19.1 Å². The number of aromatic amines is 2. The van der Waals surface area contributed by atoms with Crippen LogP contribution in [-0.4, -0.2) is 66.5 Å². The van der Waals surface area contributed by atoms with Crippen LogP contribution in [0.5, 0.6) is 5.75 Å². The van der Waals surface area contributed by atoms with Crippen molar-refractivity contribution >= 4 is 39.5 Å². The van der Waals surface area contributed by atoms with Gasteiger partial charge < -0.3 is 25.3 Å². The number of aromatic nitrogens is 2. The third-order valence-electron chi connectivity index (χ3n) is 8.61. The second-order valence-electron chi connectivity index (χ2n) is 12.4. The predicted molar refractivity (Wildman–Crippen MR) is 191 cm³/mol. The molecule has 5 N–H and O–H groups in total. The summed E-state index contributed by atoms with van der Waals surface area (Å²) in [6.45, 7) is 2.36. The van der Waals surface area contributed by atoms with Gasteiger partial charge in [0, 0.05) is 60.3 Å². The molecule has 3 amide bonds. The van der Waals surface area contributed by atoms with Crippen LogP contribution < -0.4 is 20.8 Å². The topological polar surface area (TPSA) is 131 Å². The Morgan fingerprint density at radius 1 is 0.833 bits per heavy atom. The molecule has 2 aromatic heterocycles. The van der Waals surface area contributed by atoms with Gasteiger partial charge in [0.1, 0.15) is 11.8 Å². The summed E-state index contributed by atoms with van der Waals surface area (Å²) in [6.07, 6.45) is 3.77.